The molecule has 41 heavy (non-hydrogen) atoms. The molecule has 0 radical (unpaired) electrons. The zero-order chi connectivity index (χ0) is 30.0. The highest BCUT2D eigenvalue weighted by atomic mass is 16.6. The van der Waals surface area contributed by atoms with Crippen LogP contribution in [-0.4, -0.2) is 29.8 Å². The third kappa shape index (κ3) is 10.8. The molecule has 6 nitrogen and oxygen atoms in total. The molecule has 6 heteroatoms. The van der Waals surface area contributed by atoms with Crippen LogP contribution in [0.15, 0.2) is 54.6 Å². The Hall–Kier alpha value is -3.46. The van der Waals surface area contributed by atoms with E-state index in [1.54, 1.807) is 0 Å². The summed E-state index contributed by atoms with van der Waals surface area (Å²) in [6.07, 6.45) is 8.94. The monoisotopic (exact) mass is 561 g/mol. The number of hydrogen-bond acceptors (Lipinski definition) is 5. The average molecular weight is 562 g/mol. The maximum absolute atomic E-state index is 13.3. The van der Waals surface area contributed by atoms with Crippen LogP contribution in [0, 0.1) is 36.0 Å². The topological polar surface area (TPSA) is 73.9 Å². The van der Waals surface area contributed by atoms with E-state index in [4.69, 9.17) is 20.6 Å². The van der Waals surface area contributed by atoms with Crippen molar-refractivity contribution in [2.75, 3.05) is 0 Å². The zero-order valence-corrected chi connectivity index (χ0v) is 25.5. The summed E-state index contributed by atoms with van der Waals surface area (Å²) in [7, 11) is 0. The molecule has 0 saturated heterocycles. The Bertz CT molecular complexity index is 1150. The molecule has 1 amide bonds. The summed E-state index contributed by atoms with van der Waals surface area (Å²) in [4.78, 5) is 26.1. The number of amides is 1. The Labute approximate surface area is 246 Å². The minimum Gasteiger partial charge on any atom is -0.489 e. The van der Waals surface area contributed by atoms with E-state index in [-0.39, 0.29) is 12.5 Å². The van der Waals surface area contributed by atoms with Gasteiger partial charge in [-0.3, -0.25) is 4.79 Å². The largest absolute Gasteiger partial charge is 0.489 e. The van der Waals surface area contributed by atoms with Gasteiger partial charge in [0, 0.05) is 6.04 Å². The first-order valence-corrected chi connectivity index (χ1v) is 14.8. The summed E-state index contributed by atoms with van der Waals surface area (Å²) in [6, 6.07) is 17.3. The molecule has 222 valence electrons. The Morgan fingerprint density at radius 1 is 1.02 bits per heavy atom. The summed E-state index contributed by atoms with van der Waals surface area (Å²) in [5, 5.41) is 2.94. The van der Waals surface area contributed by atoms with Gasteiger partial charge in [-0.05, 0) is 87.5 Å². The van der Waals surface area contributed by atoms with Crippen molar-refractivity contribution >= 4 is 12.1 Å². The second-order valence-corrected chi connectivity index (χ2v) is 12.7. The highest BCUT2D eigenvalue weighted by Gasteiger charge is 2.35. The van der Waals surface area contributed by atoms with Gasteiger partial charge in [-0.25, -0.2) is 4.79 Å². The lowest BCUT2D eigenvalue weighted by molar-refractivity contribution is -0.159. The van der Waals surface area contributed by atoms with Gasteiger partial charge in [0.1, 0.15) is 30.0 Å². The second kappa shape index (κ2) is 15.0. The molecule has 1 N–H and O–H groups in total. The molecule has 0 heterocycles. The number of rotatable bonds is 11. The first-order chi connectivity index (χ1) is 19.4. The molecule has 1 saturated carbocycles. The highest BCUT2D eigenvalue weighted by Crippen LogP contribution is 2.36. The van der Waals surface area contributed by atoms with Gasteiger partial charge in [0.05, 0.1) is 0 Å². The van der Waals surface area contributed by atoms with Crippen molar-refractivity contribution in [1.82, 2.24) is 5.32 Å². The molecule has 0 unspecified atom stereocenters. The van der Waals surface area contributed by atoms with Crippen molar-refractivity contribution in [3.8, 4) is 18.1 Å². The number of hydrogen-bond donors (Lipinski definition) is 1. The number of carbonyl (C=O) groups is 2. The number of ether oxygens (including phenoxy) is 3. The standard InChI is InChI=1S/C35H47NO5/c1-8-28(33(37)40-32-20-25(4)14-19-31(32)24(2)3)22-29(36-34(38)41-35(5,6)7)21-26-15-17-30(18-16-26)39-23-27-12-10-9-11-13-27/h1,9-13,15-18,24-25,28-29,31-32H,14,19-23H2,2-7H3,(H,36,38)/t25-,28-,29+,31+,32-/m1/s1. The van der Waals surface area contributed by atoms with E-state index in [1.807, 2.05) is 75.4 Å². The van der Waals surface area contributed by atoms with E-state index in [2.05, 4.69) is 32.0 Å². The molecule has 5 atom stereocenters. The van der Waals surface area contributed by atoms with E-state index >= 15 is 0 Å². The molecule has 1 fully saturated rings. The number of carbonyl (C=O) groups excluding carboxylic acids is 2. The minimum absolute atomic E-state index is 0.136. The minimum atomic E-state index is -0.784. The van der Waals surface area contributed by atoms with Crippen LogP contribution >= 0.6 is 0 Å². The van der Waals surface area contributed by atoms with Crippen LogP contribution in [-0.2, 0) is 27.3 Å². The molecule has 0 spiro atoms. The van der Waals surface area contributed by atoms with Crippen molar-refractivity contribution < 1.29 is 23.8 Å². The molecule has 2 aromatic rings. The van der Waals surface area contributed by atoms with Gasteiger partial charge in [0.25, 0.3) is 0 Å². The maximum atomic E-state index is 13.3. The van der Waals surface area contributed by atoms with E-state index in [9.17, 15) is 9.59 Å². The molecule has 0 aromatic heterocycles. The van der Waals surface area contributed by atoms with E-state index in [1.165, 1.54) is 0 Å². The van der Waals surface area contributed by atoms with Crippen LogP contribution in [0.2, 0.25) is 0 Å². The van der Waals surface area contributed by atoms with Gasteiger partial charge >= 0.3 is 12.1 Å². The summed E-state index contributed by atoms with van der Waals surface area (Å²) in [6.45, 7) is 12.5. The van der Waals surface area contributed by atoms with Gasteiger partial charge in [-0.1, -0.05) is 75.6 Å². The van der Waals surface area contributed by atoms with Gasteiger partial charge in [0.2, 0.25) is 0 Å². The first-order valence-electron chi connectivity index (χ1n) is 14.8. The summed E-state index contributed by atoms with van der Waals surface area (Å²) < 4.78 is 17.5. The van der Waals surface area contributed by atoms with Crippen molar-refractivity contribution in [2.45, 2.75) is 98.0 Å². The quantitative estimate of drug-likeness (QED) is 0.229. The highest BCUT2D eigenvalue weighted by molar-refractivity contribution is 5.76. The van der Waals surface area contributed by atoms with Gasteiger partial charge in [-0.2, -0.15) is 0 Å². The van der Waals surface area contributed by atoms with Crippen LogP contribution in [0.3, 0.4) is 0 Å². The third-order valence-electron chi connectivity index (χ3n) is 7.61. The number of terminal acetylenes is 1. The third-order valence-corrected chi connectivity index (χ3v) is 7.61. The Morgan fingerprint density at radius 3 is 2.32 bits per heavy atom. The number of benzene rings is 2. The summed E-state index contributed by atoms with van der Waals surface area (Å²) in [5.41, 5.74) is 1.41. The predicted molar refractivity (Wildman–Crippen MR) is 162 cm³/mol. The normalized spacial score (nSPS) is 20.4. The number of alkyl carbamates (subject to hydrolysis) is 1. The Kier molecular flexibility index (Phi) is 11.7. The van der Waals surface area contributed by atoms with Crippen LogP contribution in [0.1, 0.15) is 78.4 Å². The molecule has 1 aliphatic rings. The summed E-state index contributed by atoms with van der Waals surface area (Å²) >= 11 is 0. The first kappa shape index (κ1) is 32.1. The molecule has 2 aromatic carbocycles. The van der Waals surface area contributed by atoms with Gasteiger partial charge in [-0.15, -0.1) is 6.42 Å². The SMILES string of the molecule is C#C[C@H](C[C@H](Cc1ccc(OCc2ccccc2)cc1)NC(=O)OC(C)(C)C)C(=O)O[C@@H]1C[C@H](C)CC[C@H]1C(C)C. The molecule has 0 aliphatic heterocycles. The Morgan fingerprint density at radius 2 is 1.71 bits per heavy atom. The Balaban J connectivity index is 1.68. The zero-order valence-electron chi connectivity index (χ0n) is 25.5. The van der Waals surface area contributed by atoms with Gasteiger partial charge in [0.15, 0.2) is 0 Å². The van der Waals surface area contributed by atoms with Crippen molar-refractivity contribution in [3.05, 3.63) is 65.7 Å². The lowest BCUT2D eigenvalue weighted by Crippen LogP contribution is -2.43. The lowest BCUT2D eigenvalue weighted by atomic mass is 9.75. The van der Waals surface area contributed by atoms with Crippen LogP contribution < -0.4 is 10.1 Å². The van der Waals surface area contributed by atoms with E-state index in [0.717, 1.165) is 36.1 Å². The average Bonchev–Trinajstić information content (AvgIpc) is 2.90. The molecular weight excluding hydrogens is 514 g/mol. The van der Waals surface area contributed by atoms with Crippen molar-refractivity contribution in [2.24, 2.45) is 23.7 Å². The maximum Gasteiger partial charge on any atom is 0.407 e. The smallest absolute Gasteiger partial charge is 0.407 e. The number of esters is 1. The van der Waals surface area contributed by atoms with Crippen LogP contribution in [0.5, 0.6) is 5.75 Å². The second-order valence-electron chi connectivity index (χ2n) is 12.7. The predicted octanol–water partition coefficient (Wildman–Crippen LogP) is 7.34. The van der Waals surface area contributed by atoms with E-state index in [0.29, 0.717) is 30.8 Å². The molecular formula is C35H47NO5. The molecule has 1 aliphatic carbocycles. The molecule has 3 rings (SSSR count). The van der Waals surface area contributed by atoms with Crippen LogP contribution in [0.25, 0.3) is 0 Å². The summed E-state index contributed by atoms with van der Waals surface area (Å²) in [5.74, 6) is 3.47. The van der Waals surface area contributed by atoms with Crippen LogP contribution in [0.4, 0.5) is 4.79 Å². The fourth-order valence-corrected chi connectivity index (χ4v) is 5.41. The van der Waals surface area contributed by atoms with Crippen molar-refractivity contribution in [3.63, 3.8) is 0 Å². The van der Waals surface area contributed by atoms with Crippen molar-refractivity contribution in [1.29, 1.82) is 0 Å². The lowest BCUT2D eigenvalue weighted by Gasteiger charge is -2.37. The fourth-order valence-electron chi connectivity index (χ4n) is 5.41. The molecule has 0 bridgehead atoms. The van der Waals surface area contributed by atoms with Gasteiger partial charge < -0.3 is 19.5 Å². The number of nitrogens with one attached hydrogen (secondary N) is 1. The van der Waals surface area contributed by atoms with E-state index < -0.39 is 29.6 Å². The fraction of sp³-hybridized carbons (Fsp3) is 0.543.